The molecule has 0 fully saturated rings. The molecule has 1 aromatic heterocycles. The first-order valence-electron chi connectivity index (χ1n) is 5.57. The summed E-state index contributed by atoms with van der Waals surface area (Å²) in [7, 11) is 0. The van der Waals surface area contributed by atoms with E-state index >= 15 is 0 Å². The van der Waals surface area contributed by atoms with E-state index < -0.39 is 17.9 Å². The molecule has 0 saturated heterocycles. The number of aliphatic carboxylic acids is 1. The smallest absolute Gasteiger partial charge is 0.305 e. The number of nitrogens with one attached hydrogen (secondary N) is 1. The monoisotopic (exact) mass is 252 g/mol. The van der Waals surface area contributed by atoms with Gasteiger partial charge >= 0.3 is 5.97 Å². The lowest BCUT2D eigenvalue weighted by Crippen LogP contribution is -2.40. The molecule has 98 valence electrons. The van der Waals surface area contributed by atoms with Crippen molar-refractivity contribution in [2.45, 2.75) is 26.3 Å². The van der Waals surface area contributed by atoms with Crippen LogP contribution in [0.5, 0.6) is 5.75 Å². The lowest BCUT2D eigenvalue weighted by atomic mass is 10.0. The second-order valence-corrected chi connectivity index (χ2v) is 4.31. The number of pyridine rings is 1. The third-order valence-corrected chi connectivity index (χ3v) is 2.56. The van der Waals surface area contributed by atoms with Gasteiger partial charge in [0.2, 0.25) is 0 Å². The molecule has 0 aromatic carbocycles. The molecule has 1 rings (SSSR count). The topological polar surface area (TPSA) is 99.5 Å². The third-order valence-electron chi connectivity index (χ3n) is 2.56. The van der Waals surface area contributed by atoms with Crippen molar-refractivity contribution in [2.75, 3.05) is 0 Å². The van der Waals surface area contributed by atoms with E-state index in [1.807, 2.05) is 13.8 Å². The number of rotatable bonds is 5. The molecule has 0 spiro atoms. The summed E-state index contributed by atoms with van der Waals surface area (Å²) in [5, 5.41) is 20.8. The summed E-state index contributed by atoms with van der Waals surface area (Å²) in [4.78, 5) is 26.2. The van der Waals surface area contributed by atoms with Gasteiger partial charge in [0, 0.05) is 12.2 Å². The van der Waals surface area contributed by atoms with Crippen molar-refractivity contribution in [3.8, 4) is 5.75 Å². The Kier molecular flexibility index (Phi) is 4.65. The van der Waals surface area contributed by atoms with E-state index in [2.05, 4.69) is 10.3 Å². The molecule has 0 bridgehead atoms. The first-order valence-corrected chi connectivity index (χ1v) is 5.57. The standard InChI is InChI=1S/C12H16N2O4/c1-7(2)9(5-11(16)17)14-12(18)8-3-4-13-6-10(8)15/h3-4,6-7,9,15H,5H2,1-2H3,(H,14,18)(H,16,17). The highest BCUT2D eigenvalue weighted by atomic mass is 16.4. The zero-order chi connectivity index (χ0) is 13.7. The highest BCUT2D eigenvalue weighted by Gasteiger charge is 2.21. The number of hydrogen-bond acceptors (Lipinski definition) is 4. The summed E-state index contributed by atoms with van der Waals surface area (Å²) in [5.74, 6) is -1.73. The van der Waals surface area contributed by atoms with Crippen LogP contribution in [0.3, 0.4) is 0 Å². The van der Waals surface area contributed by atoms with Gasteiger partial charge in [0.15, 0.2) is 0 Å². The summed E-state index contributed by atoms with van der Waals surface area (Å²) >= 11 is 0. The number of aromatic hydroxyl groups is 1. The van der Waals surface area contributed by atoms with Crippen molar-refractivity contribution in [1.82, 2.24) is 10.3 Å². The van der Waals surface area contributed by atoms with Crippen molar-refractivity contribution in [3.63, 3.8) is 0 Å². The molecule has 1 heterocycles. The van der Waals surface area contributed by atoms with Crippen LogP contribution in [0, 0.1) is 5.92 Å². The summed E-state index contributed by atoms with van der Waals surface area (Å²) < 4.78 is 0. The minimum Gasteiger partial charge on any atom is -0.505 e. The molecule has 0 radical (unpaired) electrons. The van der Waals surface area contributed by atoms with Gasteiger partial charge in [0.25, 0.3) is 5.91 Å². The lowest BCUT2D eigenvalue weighted by molar-refractivity contribution is -0.137. The number of hydrogen-bond donors (Lipinski definition) is 3. The lowest BCUT2D eigenvalue weighted by Gasteiger charge is -2.20. The number of carboxylic acid groups (broad SMARTS) is 1. The molecule has 1 amide bonds. The van der Waals surface area contributed by atoms with Gasteiger partial charge < -0.3 is 15.5 Å². The first-order chi connectivity index (χ1) is 8.41. The van der Waals surface area contributed by atoms with Crippen LogP contribution in [0.1, 0.15) is 30.6 Å². The SMILES string of the molecule is CC(C)C(CC(=O)O)NC(=O)c1ccncc1O. The Morgan fingerprint density at radius 1 is 1.44 bits per heavy atom. The Bertz CT molecular complexity index is 445. The molecule has 6 nitrogen and oxygen atoms in total. The van der Waals surface area contributed by atoms with Gasteiger partial charge in [-0.25, -0.2) is 0 Å². The van der Waals surface area contributed by atoms with E-state index in [0.717, 1.165) is 6.20 Å². The molecule has 1 atom stereocenters. The Labute approximate surface area is 105 Å². The van der Waals surface area contributed by atoms with Crippen LogP contribution < -0.4 is 5.32 Å². The van der Waals surface area contributed by atoms with Crippen molar-refractivity contribution in [3.05, 3.63) is 24.0 Å². The van der Waals surface area contributed by atoms with Gasteiger partial charge in [0.1, 0.15) is 5.75 Å². The number of carboxylic acids is 1. The van der Waals surface area contributed by atoms with Gasteiger partial charge in [0.05, 0.1) is 18.2 Å². The molecular weight excluding hydrogens is 236 g/mol. The van der Waals surface area contributed by atoms with E-state index in [4.69, 9.17) is 5.11 Å². The zero-order valence-corrected chi connectivity index (χ0v) is 10.3. The van der Waals surface area contributed by atoms with Crippen molar-refractivity contribution in [2.24, 2.45) is 5.92 Å². The summed E-state index contributed by atoms with van der Waals surface area (Å²) in [5.41, 5.74) is 0.0843. The molecule has 0 aliphatic rings. The average Bonchev–Trinajstić information content (AvgIpc) is 2.27. The quantitative estimate of drug-likeness (QED) is 0.726. The van der Waals surface area contributed by atoms with E-state index in [-0.39, 0.29) is 23.7 Å². The Hall–Kier alpha value is -2.11. The fourth-order valence-electron chi connectivity index (χ4n) is 1.47. The Morgan fingerprint density at radius 3 is 2.61 bits per heavy atom. The van der Waals surface area contributed by atoms with Gasteiger partial charge in [-0.15, -0.1) is 0 Å². The van der Waals surface area contributed by atoms with Crippen molar-refractivity contribution in [1.29, 1.82) is 0 Å². The molecular formula is C12H16N2O4. The number of amides is 1. The maximum Gasteiger partial charge on any atom is 0.305 e. The van der Waals surface area contributed by atoms with Crippen LogP contribution in [-0.4, -0.2) is 33.1 Å². The van der Waals surface area contributed by atoms with Gasteiger partial charge in [-0.1, -0.05) is 13.8 Å². The molecule has 0 saturated carbocycles. The number of aromatic nitrogens is 1. The zero-order valence-electron chi connectivity index (χ0n) is 10.3. The van der Waals surface area contributed by atoms with Crippen molar-refractivity contribution >= 4 is 11.9 Å². The fourth-order valence-corrected chi connectivity index (χ4v) is 1.47. The molecule has 1 unspecified atom stereocenters. The van der Waals surface area contributed by atoms with Crippen LogP contribution in [-0.2, 0) is 4.79 Å². The molecule has 1 aromatic rings. The van der Waals surface area contributed by atoms with Crippen LogP contribution in [0.4, 0.5) is 0 Å². The summed E-state index contributed by atoms with van der Waals surface area (Å²) in [6, 6.07) is 0.894. The number of nitrogens with zero attached hydrogens (tertiary/aromatic N) is 1. The van der Waals surface area contributed by atoms with E-state index in [9.17, 15) is 14.7 Å². The summed E-state index contributed by atoms with van der Waals surface area (Å²) in [6.07, 6.45) is 2.39. The minimum absolute atomic E-state index is 0.0194. The van der Waals surface area contributed by atoms with Crippen LogP contribution >= 0.6 is 0 Å². The normalized spacial score (nSPS) is 12.2. The molecule has 3 N–H and O–H groups in total. The maximum absolute atomic E-state index is 11.9. The van der Waals surface area contributed by atoms with Crippen LogP contribution in [0.2, 0.25) is 0 Å². The average molecular weight is 252 g/mol. The predicted molar refractivity (Wildman–Crippen MR) is 64.2 cm³/mol. The molecule has 18 heavy (non-hydrogen) atoms. The van der Waals surface area contributed by atoms with Crippen molar-refractivity contribution < 1.29 is 19.8 Å². The van der Waals surface area contributed by atoms with Gasteiger partial charge in [-0.2, -0.15) is 0 Å². The van der Waals surface area contributed by atoms with E-state index in [0.29, 0.717) is 0 Å². The highest BCUT2D eigenvalue weighted by molar-refractivity contribution is 5.96. The Morgan fingerprint density at radius 2 is 2.11 bits per heavy atom. The second-order valence-electron chi connectivity index (χ2n) is 4.31. The second kappa shape index (κ2) is 6.00. The van der Waals surface area contributed by atoms with Crippen LogP contribution in [0.15, 0.2) is 18.5 Å². The molecule has 0 aliphatic heterocycles. The summed E-state index contributed by atoms with van der Waals surface area (Å²) in [6.45, 7) is 3.64. The molecule has 0 aliphatic carbocycles. The van der Waals surface area contributed by atoms with Gasteiger partial charge in [-0.05, 0) is 12.0 Å². The van der Waals surface area contributed by atoms with Crippen LogP contribution in [0.25, 0.3) is 0 Å². The minimum atomic E-state index is -0.979. The highest BCUT2D eigenvalue weighted by Crippen LogP contribution is 2.15. The maximum atomic E-state index is 11.9. The van der Waals surface area contributed by atoms with E-state index in [1.165, 1.54) is 12.3 Å². The van der Waals surface area contributed by atoms with E-state index in [1.54, 1.807) is 0 Å². The predicted octanol–water partition coefficient (Wildman–Crippen LogP) is 1.02. The van der Waals surface area contributed by atoms with Gasteiger partial charge in [-0.3, -0.25) is 14.6 Å². The Balaban J connectivity index is 2.79. The first kappa shape index (κ1) is 14.0. The number of carbonyl (C=O) groups is 2. The fraction of sp³-hybridized carbons (Fsp3) is 0.417. The molecule has 6 heteroatoms. The third kappa shape index (κ3) is 3.73. The largest absolute Gasteiger partial charge is 0.505 e. The number of carbonyl (C=O) groups excluding carboxylic acids is 1.